The quantitative estimate of drug-likeness (QED) is 0.771. The maximum atomic E-state index is 12.5. The predicted octanol–water partition coefficient (Wildman–Crippen LogP) is 3.71. The molecule has 1 amide bonds. The summed E-state index contributed by atoms with van der Waals surface area (Å²) in [6.07, 6.45) is 5.49. The number of carbonyl (C=O) groups is 1. The number of H-pyrrole nitrogens is 1. The van der Waals surface area contributed by atoms with Gasteiger partial charge in [0.05, 0.1) is 0 Å². The van der Waals surface area contributed by atoms with Gasteiger partial charge < -0.3 is 4.98 Å². The second-order valence-corrected chi connectivity index (χ2v) is 6.92. The molecule has 0 aliphatic heterocycles. The number of amides is 1. The Morgan fingerprint density at radius 3 is 3.00 bits per heavy atom. The number of rotatable bonds is 3. The van der Waals surface area contributed by atoms with Crippen LogP contribution in [0.15, 0.2) is 18.2 Å². The second-order valence-electron chi connectivity index (χ2n) is 5.86. The zero-order valence-corrected chi connectivity index (χ0v) is 13.8. The zero-order valence-electron chi connectivity index (χ0n) is 13.0. The highest BCUT2D eigenvalue weighted by molar-refractivity contribution is 7.15. The Morgan fingerprint density at radius 2 is 2.17 bits per heavy atom. The molecule has 0 spiro atoms. The lowest BCUT2D eigenvalue weighted by Gasteiger charge is -2.10. The summed E-state index contributed by atoms with van der Waals surface area (Å²) < 4.78 is 0. The van der Waals surface area contributed by atoms with Crippen LogP contribution in [0.1, 0.15) is 46.4 Å². The SMILES string of the molecule is CCc1nnc(NC(=O)c2ccc3[nH]c4c(c3c2)CCCC4)s1. The lowest BCUT2D eigenvalue weighted by molar-refractivity contribution is 0.102. The molecule has 0 radical (unpaired) electrons. The minimum atomic E-state index is -0.128. The monoisotopic (exact) mass is 326 g/mol. The van der Waals surface area contributed by atoms with Crippen LogP contribution in [0.3, 0.4) is 0 Å². The molecule has 4 rings (SSSR count). The molecule has 0 bridgehead atoms. The van der Waals surface area contributed by atoms with Gasteiger partial charge in [-0.1, -0.05) is 18.3 Å². The fourth-order valence-electron chi connectivity index (χ4n) is 3.16. The van der Waals surface area contributed by atoms with Crippen molar-refractivity contribution in [2.75, 3.05) is 5.32 Å². The number of aryl methyl sites for hydroxylation is 3. The molecule has 5 nitrogen and oxygen atoms in total. The Labute approximate surface area is 138 Å². The first kappa shape index (κ1) is 14.4. The third-order valence-electron chi connectivity index (χ3n) is 4.35. The molecular weight excluding hydrogens is 308 g/mol. The van der Waals surface area contributed by atoms with Crippen LogP contribution in [0.4, 0.5) is 5.13 Å². The molecule has 2 heterocycles. The number of hydrogen-bond donors (Lipinski definition) is 2. The van der Waals surface area contributed by atoms with Gasteiger partial charge in [0.15, 0.2) is 0 Å². The molecule has 1 aliphatic carbocycles. The molecule has 118 valence electrons. The normalized spacial score (nSPS) is 14.0. The van der Waals surface area contributed by atoms with Gasteiger partial charge in [-0.05, 0) is 55.9 Å². The molecule has 0 fully saturated rings. The highest BCUT2D eigenvalue weighted by atomic mass is 32.1. The number of nitrogens with one attached hydrogen (secondary N) is 2. The number of anilines is 1. The number of benzene rings is 1. The van der Waals surface area contributed by atoms with E-state index in [1.54, 1.807) is 0 Å². The minimum Gasteiger partial charge on any atom is -0.358 e. The lowest BCUT2D eigenvalue weighted by atomic mass is 9.95. The van der Waals surface area contributed by atoms with Gasteiger partial charge in [-0.2, -0.15) is 0 Å². The van der Waals surface area contributed by atoms with Gasteiger partial charge in [0.2, 0.25) is 5.13 Å². The fourth-order valence-corrected chi connectivity index (χ4v) is 3.84. The molecule has 3 aromatic rings. The van der Waals surface area contributed by atoms with Crippen molar-refractivity contribution < 1.29 is 4.79 Å². The number of carbonyl (C=O) groups excluding carboxylic acids is 1. The molecule has 0 atom stereocenters. The number of aromatic amines is 1. The van der Waals surface area contributed by atoms with Crippen LogP contribution in [-0.4, -0.2) is 21.1 Å². The molecule has 0 saturated heterocycles. The van der Waals surface area contributed by atoms with Gasteiger partial charge in [-0.25, -0.2) is 0 Å². The molecule has 1 aromatic carbocycles. The molecule has 1 aliphatic rings. The average Bonchev–Trinajstić information content (AvgIpc) is 3.18. The summed E-state index contributed by atoms with van der Waals surface area (Å²) in [7, 11) is 0. The Bertz CT molecular complexity index is 880. The smallest absolute Gasteiger partial charge is 0.257 e. The van der Waals surface area contributed by atoms with E-state index in [-0.39, 0.29) is 5.91 Å². The summed E-state index contributed by atoms with van der Waals surface area (Å²) in [5.41, 5.74) is 4.50. The standard InChI is InChI=1S/C17H18N4OS/c1-2-15-20-21-17(23-15)19-16(22)10-7-8-14-12(9-10)11-5-3-4-6-13(11)18-14/h7-9,18H,2-6H2,1H3,(H,19,21,22). The van der Waals surface area contributed by atoms with Crippen molar-refractivity contribution in [2.24, 2.45) is 0 Å². The van der Waals surface area contributed by atoms with Crippen molar-refractivity contribution in [2.45, 2.75) is 39.0 Å². The number of nitrogens with zero attached hydrogens (tertiary/aromatic N) is 2. The summed E-state index contributed by atoms with van der Waals surface area (Å²) in [4.78, 5) is 16.0. The van der Waals surface area contributed by atoms with Crippen LogP contribution < -0.4 is 5.32 Å². The summed E-state index contributed by atoms with van der Waals surface area (Å²) >= 11 is 1.42. The van der Waals surface area contributed by atoms with E-state index in [1.165, 1.54) is 40.8 Å². The molecule has 6 heteroatoms. The van der Waals surface area contributed by atoms with Crippen molar-refractivity contribution in [3.05, 3.63) is 40.0 Å². The van der Waals surface area contributed by atoms with Crippen LogP contribution in [0.2, 0.25) is 0 Å². The summed E-state index contributed by atoms with van der Waals surface area (Å²) in [6.45, 7) is 2.02. The van der Waals surface area contributed by atoms with Crippen LogP contribution in [-0.2, 0) is 19.3 Å². The first-order valence-corrected chi connectivity index (χ1v) is 8.83. The number of aromatic nitrogens is 3. The van der Waals surface area contributed by atoms with Gasteiger partial charge in [-0.3, -0.25) is 10.1 Å². The van der Waals surface area contributed by atoms with Crippen LogP contribution in [0.25, 0.3) is 10.9 Å². The molecule has 0 saturated carbocycles. The summed E-state index contributed by atoms with van der Waals surface area (Å²) in [5.74, 6) is -0.128. The molecular formula is C17H18N4OS. The second kappa shape index (κ2) is 5.77. The van der Waals surface area contributed by atoms with Gasteiger partial charge >= 0.3 is 0 Å². The third kappa shape index (κ3) is 2.63. The van der Waals surface area contributed by atoms with E-state index in [0.717, 1.165) is 29.8 Å². The highest BCUT2D eigenvalue weighted by Gasteiger charge is 2.17. The van der Waals surface area contributed by atoms with Gasteiger partial charge in [0, 0.05) is 22.2 Å². The van der Waals surface area contributed by atoms with E-state index in [4.69, 9.17) is 0 Å². The van der Waals surface area contributed by atoms with E-state index in [0.29, 0.717) is 10.7 Å². The third-order valence-corrected chi connectivity index (χ3v) is 5.33. The van der Waals surface area contributed by atoms with Gasteiger partial charge in [-0.15, -0.1) is 10.2 Å². The topological polar surface area (TPSA) is 70.7 Å². The van der Waals surface area contributed by atoms with E-state index < -0.39 is 0 Å². The molecule has 0 unspecified atom stereocenters. The Balaban J connectivity index is 1.64. The molecule has 2 N–H and O–H groups in total. The summed E-state index contributed by atoms with van der Waals surface area (Å²) in [5, 5.41) is 13.5. The van der Waals surface area contributed by atoms with Crippen molar-refractivity contribution in [1.29, 1.82) is 0 Å². The largest absolute Gasteiger partial charge is 0.358 e. The van der Waals surface area contributed by atoms with Crippen LogP contribution in [0, 0.1) is 0 Å². The first-order chi connectivity index (χ1) is 11.2. The highest BCUT2D eigenvalue weighted by Crippen LogP contribution is 2.30. The van der Waals surface area contributed by atoms with Gasteiger partial charge in [0.1, 0.15) is 5.01 Å². The lowest BCUT2D eigenvalue weighted by Crippen LogP contribution is -2.11. The van der Waals surface area contributed by atoms with Gasteiger partial charge in [0.25, 0.3) is 5.91 Å². The minimum absolute atomic E-state index is 0.128. The summed E-state index contributed by atoms with van der Waals surface area (Å²) in [6, 6.07) is 5.86. The Kier molecular flexibility index (Phi) is 3.61. The maximum absolute atomic E-state index is 12.5. The first-order valence-electron chi connectivity index (χ1n) is 8.02. The number of fused-ring (bicyclic) bond motifs is 3. The van der Waals surface area contributed by atoms with Crippen molar-refractivity contribution in [3.63, 3.8) is 0 Å². The van der Waals surface area contributed by atoms with E-state index in [1.807, 2.05) is 25.1 Å². The van der Waals surface area contributed by atoms with E-state index >= 15 is 0 Å². The van der Waals surface area contributed by atoms with Crippen molar-refractivity contribution >= 4 is 33.3 Å². The Hall–Kier alpha value is -2.21. The average molecular weight is 326 g/mol. The van der Waals surface area contributed by atoms with E-state index in [2.05, 4.69) is 20.5 Å². The van der Waals surface area contributed by atoms with E-state index in [9.17, 15) is 4.79 Å². The van der Waals surface area contributed by atoms with Crippen LogP contribution in [0.5, 0.6) is 0 Å². The fraction of sp³-hybridized carbons (Fsp3) is 0.353. The van der Waals surface area contributed by atoms with Crippen molar-refractivity contribution in [1.82, 2.24) is 15.2 Å². The van der Waals surface area contributed by atoms with Crippen molar-refractivity contribution in [3.8, 4) is 0 Å². The Morgan fingerprint density at radius 1 is 1.30 bits per heavy atom. The maximum Gasteiger partial charge on any atom is 0.257 e. The number of hydrogen-bond acceptors (Lipinski definition) is 4. The zero-order chi connectivity index (χ0) is 15.8. The molecule has 2 aromatic heterocycles. The molecule has 23 heavy (non-hydrogen) atoms. The predicted molar refractivity (Wildman–Crippen MR) is 92.2 cm³/mol. The van der Waals surface area contributed by atoms with Crippen LogP contribution >= 0.6 is 11.3 Å².